The van der Waals surface area contributed by atoms with Gasteiger partial charge in [-0.1, -0.05) is 20.8 Å². The molecular weight excluding hydrogens is 186 g/mol. The summed E-state index contributed by atoms with van der Waals surface area (Å²) in [5.74, 6) is 1.70. The van der Waals surface area contributed by atoms with Gasteiger partial charge in [0.1, 0.15) is 0 Å². The third-order valence-corrected chi connectivity index (χ3v) is 2.39. The quantitative estimate of drug-likeness (QED) is 0.663. The number of carbonyl (C=O) groups is 1. The van der Waals surface area contributed by atoms with Crippen LogP contribution >= 0.6 is 11.6 Å². The van der Waals surface area contributed by atoms with Gasteiger partial charge in [-0.2, -0.15) is 0 Å². The number of hydrogen-bond acceptors (Lipinski definition) is 1. The van der Waals surface area contributed by atoms with Crippen molar-refractivity contribution in [3.8, 4) is 0 Å². The zero-order valence-corrected chi connectivity index (χ0v) is 9.53. The number of rotatable bonds is 6. The van der Waals surface area contributed by atoms with Crippen LogP contribution in [0.1, 0.15) is 33.6 Å². The van der Waals surface area contributed by atoms with Crippen molar-refractivity contribution >= 4 is 17.5 Å². The van der Waals surface area contributed by atoms with Gasteiger partial charge in [-0.15, -0.1) is 11.6 Å². The van der Waals surface area contributed by atoms with Gasteiger partial charge in [-0.05, 0) is 18.3 Å². The highest BCUT2D eigenvalue weighted by Gasteiger charge is 2.05. The van der Waals surface area contributed by atoms with E-state index in [1.807, 2.05) is 6.92 Å². The smallest absolute Gasteiger partial charge is 0.220 e. The van der Waals surface area contributed by atoms with Crippen LogP contribution in [-0.4, -0.2) is 18.3 Å². The molecular formula is C10H20ClNO. The second kappa shape index (κ2) is 7.19. The van der Waals surface area contributed by atoms with Gasteiger partial charge in [0.15, 0.2) is 0 Å². The van der Waals surface area contributed by atoms with E-state index in [9.17, 15) is 4.79 Å². The lowest BCUT2D eigenvalue weighted by atomic mass is 10.1. The van der Waals surface area contributed by atoms with E-state index in [2.05, 4.69) is 19.2 Å². The molecule has 0 saturated carbocycles. The van der Waals surface area contributed by atoms with Crippen molar-refractivity contribution in [3.05, 3.63) is 0 Å². The van der Waals surface area contributed by atoms with E-state index >= 15 is 0 Å². The van der Waals surface area contributed by atoms with Crippen molar-refractivity contribution in [1.29, 1.82) is 0 Å². The summed E-state index contributed by atoms with van der Waals surface area (Å²) in [4.78, 5) is 11.2. The summed E-state index contributed by atoms with van der Waals surface area (Å²) in [5.41, 5.74) is 0. The van der Waals surface area contributed by atoms with Crippen LogP contribution in [0.3, 0.4) is 0 Å². The van der Waals surface area contributed by atoms with Crippen LogP contribution in [0.25, 0.3) is 0 Å². The van der Waals surface area contributed by atoms with Crippen molar-refractivity contribution in [2.24, 2.45) is 11.8 Å². The minimum atomic E-state index is 0.144. The second-order valence-corrected chi connectivity index (χ2v) is 4.30. The molecule has 2 nitrogen and oxygen atoms in total. The Morgan fingerprint density at radius 2 is 2.00 bits per heavy atom. The van der Waals surface area contributed by atoms with Gasteiger partial charge in [-0.3, -0.25) is 4.79 Å². The van der Waals surface area contributed by atoms with E-state index in [1.54, 1.807) is 0 Å². The highest BCUT2D eigenvalue weighted by molar-refractivity contribution is 6.18. The fourth-order valence-corrected chi connectivity index (χ4v) is 0.960. The van der Waals surface area contributed by atoms with Gasteiger partial charge < -0.3 is 5.32 Å². The fourth-order valence-electron chi connectivity index (χ4n) is 0.851. The van der Waals surface area contributed by atoms with E-state index in [4.69, 9.17) is 11.6 Å². The largest absolute Gasteiger partial charge is 0.356 e. The van der Waals surface area contributed by atoms with Crippen molar-refractivity contribution in [2.45, 2.75) is 33.6 Å². The molecule has 0 bridgehead atoms. The number of halogens is 1. The highest BCUT2D eigenvalue weighted by atomic mass is 35.5. The summed E-state index contributed by atoms with van der Waals surface area (Å²) >= 11 is 5.61. The summed E-state index contributed by atoms with van der Waals surface area (Å²) < 4.78 is 0. The van der Waals surface area contributed by atoms with Crippen molar-refractivity contribution in [2.75, 3.05) is 12.4 Å². The lowest BCUT2D eigenvalue weighted by Gasteiger charge is -2.09. The predicted octanol–water partition coefficient (Wildman–Crippen LogP) is 2.41. The minimum Gasteiger partial charge on any atom is -0.356 e. The molecule has 0 rings (SSSR count). The summed E-state index contributed by atoms with van der Waals surface area (Å²) in [5, 5.41) is 2.87. The second-order valence-electron chi connectivity index (χ2n) is 4.00. The molecule has 1 atom stereocenters. The average Bonchev–Trinajstić information content (AvgIpc) is 2.10. The molecule has 1 unspecified atom stereocenters. The molecule has 1 amide bonds. The molecule has 0 aromatic heterocycles. The Labute approximate surface area is 86.0 Å². The van der Waals surface area contributed by atoms with Gasteiger partial charge in [0.05, 0.1) is 0 Å². The van der Waals surface area contributed by atoms with E-state index in [0.717, 1.165) is 6.42 Å². The molecule has 0 radical (unpaired) electrons. The molecule has 0 fully saturated rings. The Bertz CT molecular complexity index is 148. The summed E-state index contributed by atoms with van der Waals surface area (Å²) in [7, 11) is 0. The lowest BCUT2D eigenvalue weighted by Crippen LogP contribution is -2.28. The van der Waals surface area contributed by atoms with Crippen LogP contribution in [0.15, 0.2) is 0 Å². The van der Waals surface area contributed by atoms with E-state index in [0.29, 0.717) is 30.7 Å². The maximum Gasteiger partial charge on any atom is 0.220 e. The molecule has 13 heavy (non-hydrogen) atoms. The first-order valence-electron chi connectivity index (χ1n) is 4.89. The Morgan fingerprint density at radius 1 is 1.38 bits per heavy atom. The molecule has 0 aromatic rings. The van der Waals surface area contributed by atoms with Crippen LogP contribution in [0.2, 0.25) is 0 Å². The standard InChI is InChI=1S/C10H20ClNO/c1-8(2)4-5-10(13)12-7-9(3)6-11/h8-9H,4-7H2,1-3H3,(H,12,13). The third-order valence-electron chi connectivity index (χ3n) is 1.86. The molecule has 0 aliphatic rings. The topological polar surface area (TPSA) is 29.1 Å². The first-order chi connectivity index (χ1) is 6.06. The van der Waals surface area contributed by atoms with Crippen molar-refractivity contribution < 1.29 is 4.79 Å². The number of amides is 1. The Morgan fingerprint density at radius 3 is 2.46 bits per heavy atom. The molecule has 0 aromatic carbocycles. The monoisotopic (exact) mass is 205 g/mol. The number of nitrogens with one attached hydrogen (secondary N) is 1. The number of hydrogen-bond donors (Lipinski definition) is 1. The molecule has 3 heteroatoms. The molecule has 0 aliphatic carbocycles. The van der Waals surface area contributed by atoms with Crippen LogP contribution < -0.4 is 5.32 Å². The Kier molecular flexibility index (Phi) is 7.06. The van der Waals surface area contributed by atoms with Gasteiger partial charge in [0.2, 0.25) is 5.91 Å². The molecule has 0 heterocycles. The van der Waals surface area contributed by atoms with Gasteiger partial charge in [0, 0.05) is 18.8 Å². The molecule has 78 valence electrons. The van der Waals surface area contributed by atoms with Gasteiger partial charge in [0.25, 0.3) is 0 Å². The lowest BCUT2D eigenvalue weighted by molar-refractivity contribution is -0.121. The highest BCUT2D eigenvalue weighted by Crippen LogP contribution is 2.03. The Hall–Kier alpha value is -0.240. The fraction of sp³-hybridized carbons (Fsp3) is 0.900. The summed E-state index contributed by atoms with van der Waals surface area (Å²) in [6.45, 7) is 6.96. The molecule has 1 N–H and O–H groups in total. The predicted molar refractivity (Wildman–Crippen MR) is 57.0 cm³/mol. The van der Waals surface area contributed by atoms with Crippen molar-refractivity contribution in [1.82, 2.24) is 5.32 Å². The average molecular weight is 206 g/mol. The van der Waals surface area contributed by atoms with Crippen LogP contribution in [-0.2, 0) is 4.79 Å². The maximum absolute atomic E-state index is 11.2. The first-order valence-corrected chi connectivity index (χ1v) is 5.42. The molecule has 0 spiro atoms. The Balaban J connectivity index is 3.40. The van der Waals surface area contributed by atoms with E-state index < -0.39 is 0 Å². The van der Waals surface area contributed by atoms with Crippen LogP contribution in [0, 0.1) is 11.8 Å². The number of carbonyl (C=O) groups excluding carboxylic acids is 1. The van der Waals surface area contributed by atoms with Crippen LogP contribution in [0.4, 0.5) is 0 Å². The zero-order chi connectivity index (χ0) is 10.3. The van der Waals surface area contributed by atoms with Crippen LogP contribution in [0.5, 0.6) is 0 Å². The number of alkyl halides is 1. The normalized spacial score (nSPS) is 13.0. The minimum absolute atomic E-state index is 0.144. The van der Waals surface area contributed by atoms with Gasteiger partial charge in [-0.25, -0.2) is 0 Å². The third kappa shape index (κ3) is 8.10. The maximum atomic E-state index is 11.2. The SMILES string of the molecule is CC(C)CCC(=O)NCC(C)CCl. The van der Waals surface area contributed by atoms with E-state index in [-0.39, 0.29) is 5.91 Å². The van der Waals surface area contributed by atoms with E-state index in [1.165, 1.54) is 0 Å². The van der Waals surface area contributed by atoms with Crippen molar-refractivity contribution in [3.63, 3.8) is 0 Å². The summed E-state index contributed by atoms with van der Waals surface area (Å²) in [6, 6.07) is 0. The van der Waals surface area contributed by atoms with Gasteiger partial charge >= 0.3 is 0 Å². The molecule has 0 saturated heterocycles. The molecule has 0 aliphatic heterocycles. The summed E-state index contributed by atoms with van der Waals surface area (Å²) in [6.07, 6.45) is 1.59. The zero-order valence-electron chi connectivity index (χ0n) is 8.77. The first kappa shape index (κ1) is 12.8.